The molecule has 2 atom stereocenters. The summed E-state index contributed by atoms with van der Waals surface area (Å²) in [4.78, 5) is 10.2. The Hall–Kier alpha value is -2.21. The molecule has 0 amide bonds. The first-order valence-corrected chi connectivity index (χ1v) is 8.31. The molecule has 0 bridgehead atoms. The van der Waals surface area contributed by atoms with Crippen molar-refractivity contribution in [2.45, 2.75) is 32.7 Å². The third-order valence-corrected chi connectivity index (χ3v) is 4.23. The highest BCUT2D eigenvalue weighted by Crippen LogP contribution is 2.17. The van der Waals surface area contributed by atoms with Gasteiger partial charge in [-0.05, 0) is 31.4 Å². The number of allylic oxidation sites excluding steroid dienone is 4. The summed E-state index contributed by atoms with van der Waals surface area (Å²) in [5.41, 5.74) is 5.52. The lowest BCUT2D eigenvalue weighted by Crippen LogP contribution is -2.41. The molecule has 2 aliphatic rings. The van der Waals surface area contributed by atoms with Crippen molar-refractivity contribution in [2.24, 2.45) is 16.1 Å². The lowest BCUT2D eigenvalue weighted by atomic mass is 9.99. The first kappa shape index (κ1) is 18.1. The summed E-state index contributed by atoms with van der Waals surface area (Å²) in [6.07, 6.45) is 12.1. The first-order valence-electron chi connectivity index (χ1n) is 8.31. The Morgan fingerprint density at radius 3 is 3.00 bits per heavy atom. The van der Waals surface area contributed by atoms with Crippen LogP contribution in [0.1, 0.15) is 26.7 Å². The molecule has 0 radical (unpaired) electrons. The van der Waals surface area contributed by atoms with Crippen LogP contribution in [-0.4, -0.2) is 49.0 Å². The van der Waals surface area contributed by atoms with Gasteiger partial charge in [0.1, 0.15) is 12.3 Å². The topological polar surface area (TPSA) is 73.1 Å². The minimum absolute atomic E-state index is 0.0662. The molecule has 2 rings (SSSR count). The number of dihydropyridines is 1. The zero-order chi connectivity index (χ0) is 17.5. The molecule has 130 valence electrons. The predicted octanol–water partition coefficient (Wildman–Crippen LogP) is 2.71. The lowest BCUT2D eigenvalue weighted by molar-refractivity contribution is 0.122. The largest absolute Gasteiger partial charge is 0.393 e. The van der Waals surface area contributed by atoms with Crippen molar-refractivity contribution in [1.29, 1.82) is 5.41 Å². The molecule has 0 spiro atoms. The quantitative estimate of drug-likeness (QED) is 0.447. The third-order valence-electron chi connectivity index (χ3n) is 4.23. The number of hydrogen-bond acceptors (Lipinski definition) is 5. The monoisotopic (exact) mass is 329 g/mol. The van der Waals surface area contributed by atoms with Crippen molar-refractivity contribution in [3.8, 4) is 0 Å². The van der Waals surface area contributed by atoms with E-state index in [4.69, 9.17) is 10.2 Å². The van der Waals surface area contributed by atoms with E-state index in [9.17, 15) is 0 Å². The van der Waals surface area contributed by atoms with Crippen LogP contribution < -0.4 is 5.43 Å². The number of rotatable bonds is 6. The van der Waals surface area contributed by atoms with E-state index in [1.165, 1.54) is 0 Å². The molecule has 0 aromatic carbocycles. The molecule has 6 heteroatoms. The Balaban J connectivity index is 2.10. The molecule has 0 saturated heterocycles. The molecule has 2 unspecified atom stereocenters. The van der Waals surface area contributed by atoms with Crippen LogP contribution in [0.25, 0.3) is 0 Å². The number of nitrogens with zero attached hydrogens (tertiary/aromatic N) is 3. The van der Waals surface area contributed by atoms with Gasteiger partial charge in [-0.2, -0.15) is 0 Å². The van der Waals surface area contributed by atoms with Crippen LogP contribution >= 0.6 is 0 Å². The zero-order valence-corrected chi connectivity index (χ0v) is 14.9. The van der Waals surface area contributed by atoms with Crippen molar-refractivity contribution >= 4 is 17.3 Å². The predicted molar refractivity (Wildman–Crippen MR) is 99.6 cm³/mol. The number of hydrazine groups is 1. The van der Waals surface area contributed by atoms with E-state index in [-0.39, 0.29) is 11.9 Å². The summed E-state index contributed by atoms with van der Waals surface area (Å²) in [7, 11) is 3.56. The van der Waals surface area contributed by atoms with Gasteiger partial charge in [0.25, 0.3) is 0 Å². The molecule has 1 heterocycles. The minimum atomic E-state index is 0.0662. The third kappa shape index (κ3) is 4.64. The number of nitrogens with one attached hydrogen (secondary N) is 2. The van der Waals surface area contributed by atoms with Crippen LogP contribution in [0.15, 0.2) is 46.1 Å². The summed E-state index contributed by atoms with van der Waals surface area (Å²) in [6, 6.07) is 0.0662. The minimum Gasteiger partial charge on any atom is -0.393 e. The average Bonchev–Trinajstić information content (AvgIpc) is 2.61. The Morgan fingerprint density at radius 2 is 2.33 bits per heavy atom. The molecule has 2 N–H and O–H groups in total. The molecule has 0 aromatic rings. The summed E-state index contributed by atoms with van der Waals surface area (Å²) in [5, 5.41) is 14.2. The maximum Gasteiger partial charge on any atom is 0.165 e. The van der Waals surface area contributed by atoms with Gasteiger partial charge < -0.3 is 4.84 Å². The number of amidine groups is 1. The van der Waals surface area contributed by atoms with Gasteiger partial charge in [0.15, 0.2) is 5.84 Å². The molecular formula is C18H27N5O. The highest BCUT2D eigenvalue weighted by molar-refractivity contribution is 6.46. The van der Waals surface area contributed by atoms with Crippen LogP contribution in [0.4, 0.5) is 0 Å². The van der Waals surface area contributed by atoms with Gasteiger partial charge in [-0.1, -0.05) is 36.4 Å². The Morgan fingerprint density at radius 1 is 1.54 bits per heavy atom. The second kappa shape index (κ2) is 8.59. The van der Waals surface area contributed by atoms with Gasteiger partial charge >= 0.3 is 0 Å². The molecule has 0 saturated carbocycles. The molecular weight excluding hydrogens is 302 g/mol. The van der Waals surface area contributed by atoms with E-state index in [1.807, 2.05) is 25.2 Å². The fourth-order valence-corrected chi connectivity index (χ4v) is 2.53. The number of hydrogen-bond donors (Lipinski definition) is 2. The fraction of sp³-hybridized carbons (Fsp3) is 0.500. The van der Waals surface area contributed by atoms with E-state index < -0.39 is 0 Å². The molecule has 0 aromatic heterocycles. The number of oxime groups is 1. The Labute approximate surface area is 144 Å². The van der Waals surface area contributed by atoms with E-state index in [0.29, 0.717) is 18.2 Å². The maximum absolute atomic E-state index is 8.33. The van der Waals surface area contributed by atoms with E-state index in [0.717, 1.165) is 24.1 Å². The second-order valence-electron chi connectivity index (χ2n) is 6.08. The zero-order valence-electron chi connectivity index (χ0n) is 14.9. The highest BCUT2D eigenvalue weighted by Gasteiger charge is 2.20. The van der Waals surface area contributed by atoms with Crippen molar-refractivity contribution < 1.29 is 4.84 Å². The van der Waals surface area contributed by atoms with Gasteiger partial charge in [-0.3, -0.25) is 15.4 Å². The summed E-state index contributed by atoms with van der Waals surface area (Å²) in [5.74, 6) is 0.610. The molecule has 6 nitrogen and oxygen atoms in total. The lowest BCUT2D eigenvalue weighted by Gasteiger charge is -2.23. The molecule has 24 heavy (non-hydrogen) atoms. The van der Waals surface area contributed by atoms with Crippen LogP contribution in [-0.2, 0) is 4.84 Å². The molecule has 0 fully saturated rings. The molecule has 1 aliphatic carbocycles. The molecule has 1 aliphatic heterocycles. The van der Waals surface area contributed by atoms with Crippen molar-refractivity contribution in [3.05, 3.63) is 36.0 Å². The summed E-state index contributed by atoms with van der Waals surface area (Å²) in [6.45, 7) is 4.52. The van der Waals surface area contributed by atoms with E-state index in [1.54, 1.807) is 19.1 Å². The van der Waals surface area contributed by atoms with E-state index >= 15 is 0 Å². The maximum atomic E-state index is 8.33. The Kier molecular flexibility index (Phi) is 6.49. The fourth-order valence-electron chi connectivity index (χ4n) is 2.53. The van der Waals surface area contributed by atoms with Gasteiger partial charge in [0.05, 0.1) is 6.04 Å². The first-order chi connectivity index (χ1) is 11.5. The normalized spacial score (nSPS) is 23.6. The second-order valence-corrected chi connectivity index (χ2v) is 6.08. The van der Waals surface area contributed by atoms with Crippen LogP contribution in [0.2, 0.25) is 0 Å². The summed E-state index contributed by atoms with van der Waals surface area (Å²) >= 11 is 0. The van der Waals surface area contributed by atoms with Crippen LogP contribution in [0, 0.1) is 11.3 Å². The Bertz CT molecular complexity index is 615. The van der Waals surface area contributed by atoms with Crippen molar-refractivity contribution in [1.82, 2.24) is 10.4 Å². The van der Waals surface area contributed by atoms with Crippen molar-refractivity contribution in [3.63, 3.8) is 0 Å². The SMILES string of the molecule is CNN(C)C(=N)/C(=N\OCC1N=C(C)C=CC1C)C1=CC=CCC1. The van der Waals surface area contributed by atoms with Crippen LogP contribution in [0.3, 0.4) is 0 Å². The van der Waals surface area contributed by atoms with Gasteiger partial charge in [-0.25, -0.2) is 5.43 Å². The summed E-state index contributed by atoms with van der Waals surface area (Å²) < 4.78 is 0. The van der Waals surface area contributed by atoms with Crippen molar-refractivity contribution in [2.75, 3.05) is 20.7 Å². The van der Waals surface area contributed by atoms with Gasteiger partial charge in [-0.15, -0.1) is 0 Å². The van der Waals surface area contributed by atoms with Crippen LogP contribution in [0.5, 0.6) is 0 Å². The van der Waals surface area contributed by atoms with E-state index in [2.05, 4.69) is 34.6 Å². The average molecular weight is 329 g/mol. The smallest absolute Gasteiger partial charge is 0.165 e. The standard InChI is InChI=1S/C18H27N5O/c1-13-10-11-14(2)21-16(13)12-24-22-17(18(19)23(4)20-3)15-8-6-5-7-9-15/h5-6,8,10-11,13,16,19-20H,7,9,12H2,1-4H3/b19-18?,22-17-. The number of aliphatic imine (C=N–C) groups is 1. The highest BCUT2D eigenvalue weighted by atomic mass is 16.6. The van der Waals surface area contributed by atoms with Gasteiger partial charge in [0.2, 0.25) is 0 Å². The van der Waals surface area contributed by atoms with Gasteiger partial charge in [0, 0.05) is 25.7 Å².